The molecule has 4 heteroatoms. The van der Waals surface area contributed by atoms with Crippen LogP contribution in [0.1, 0.15) is 10.6 Å². The lowest BCUT2D eigenvalue weighted by Crippen LogP contribution is -2.04. The fraction of sp³-hybridized carbons (Fsp3) is 0.167. The highest BCUT2D eigenvalue weighted by atomic mass is 32.1. The number of nitriles is 1. The van der Waals surface area contributed by atoms with Crippen LogP contribution in [0.25, 0.3) is 11.3 Å². The number of aromatic nitrogens is 1. The smallest absolute Gasteiger partial charge is 0.107 e. The van der Waals surface area contributed by atoms with Gasteiger partial charge in [-0.15, -0.1) is 11.3 Å². The summed E-state index contributed by atoms with van der Waals surface area (Å²) in [5.74, 6) is 0. The molecule has 0 saturated heterocycles. The highest BCUT2D eigenvalue weighted by molar-refractivity contribution is 7.09. The number of rotatable bonds is 3. The molecule has 0 bridgehead atoms. The van der Waals surface area contributed by atoms with Gasteiger partial charge in [0.25, 0.3) is 0 Å². The van der Waals surface area contributed by atoms with E-state index >= 15 is 0 Å². The standard InChI is InChI=1S/C12H11N3S/c1-14-7-12-15-11(8-16-12)10-4-2-3-9(5-10)6-13/h2-5,8,14H,7H2,1H3. The third-order valence-electron chi connectivity index (χ3n) is 2.17. The first-order chi connectivity index (χ1) is 7.83. The molecule has 16 heavy (non-hydrogen) atoms. The van der Waals surface area contributed by atoms with Gasteiger partial charge in [0.15, 0.2) is 0 Å². The minimum atomic E-state index is 0.667. The summed E-state index contributed by atoms with van der Waals surface area (Å²) < 4.78 is 0. The monoisotopic (exact) mass is 229 g/mol. The number of hydrogen-bond acceptors (Lipinski definition) is 4. The summed E-state index contributed by atoms with van der Waals surface area (Å²) in [6, 6.07) is 9.64. The Bertz CT molecular complexity index is 525. The van der Waals surface area contributed by atoms with E-state index in [-0.39, 0.29) is 0 Å². The van der Waals surface area contributed by atoms with Crippen molar-refractivity contribution in [2.45, 2.75) is 6.54 Å². The summed E-state index contributed by atoms with van der Waals surface area (Å²) >= 11 is 1.63. The van der Waals surface area contributed by atoms with Crippen LogP contribution in [-0.2, 0) is 6.54 Å². The molecule has 2 rings (SSSR count). The summed E-state index contributed by atoms with van der Waals surface area (Å²) in [5, 5.41) is 15.0. The molecule has 0 fully saturated rings. The Morgan fingerprint density at radius 3 is 3.12 bits per heavy atom. The molecule has 0 spiro atoms. The van der Waals surface area contributed by atoms with Gasteiger partial charge in [0.2, 0.25) is 0 Å². The Labute approximate surface area is 98.4 Å². The first-order valence-corrected chi connectivity index (χ1v) is 5.81. The molecular weight excluding hydrogens is 218 g/mol. The third kappa shape index (κ3) is 2.27. The minimum absolute atomic E-state index is 0.667. The van der Waals surface area contributed by atoms with E-state index < -0.39 is 0 Å². The number of hydrogen-bond donors (Lipinski definition) is 1. The van der Waals surface area contributed by atoms with Crippen molar-refractivity contribution in [3.05, 3.63) is 40.2 Å². The van der Waals surface area contributed by atoms with E-state index in [1.54, 1.807) is 17.4 Å². The quantitative estimate of drug-likeness (QED) is 0.879. The van der Waals surface area contributed by atoms with Gasteiger partial charge in [-0.3, -0.25) is 0 Å². The minimum Gasteiger partial charge on any atom is -0.314 e. The topological polar surface area (TPSA) is 48.7 Å². The zero-order valence-electron chi connectivity index (χ0n) is 8.90. The van der Waals surface area contributed by atoms with Gasteiger partial charge in [-0.05, 0) is 19.2 Å². The second-order valence-electron chi connectivity index (χ2n) is 3.35. The first kappa shape index (κ1) is 10.8. The van der Waals surface area contributed by atoms with Gasteiger partial charge in [0.1, 0.15) is 5.01 Å². The molecule has 0 atom stereocenters. The highest BCUT2D eigenvalue weighted by Gasteiger charge is 2.04. The molecule has 0 amide bonds. The predicted molar refractivity (Wildman–Crippen MR) is 65.0 cm³/mol. The summed E-state index contributed by atoms with van der Waals surface area (Å²) in [7, 11) is 1.90. The van der Waals surface area contributed by atoms with E-state index in [0.717, 1.165) is 22.8 Å². The van der Waals surface area contributed by atoms with Crippen molar-refractivity contribution in [1.29, 1.82) is 5.26 Å². The maximum atomic E-state index is 8.82. The molecule has 0 unspecified atom stereocenters. The van der Waals surface area contributed by atoms with Gasteiger partial charge in [-0.25, -0.2) is 4.98 Å². The van der Waals surface area contributed by atoms with Crippen molar-refractivity contribution >= 4 is 11.3 Å². The number of nitrogens with zero attached hydrogens (tertiary/aromatic N) is 2. The fourth-order valence-corrected chi connectivity index (χ4v) is 2.24. The second kappa shape index (κ2) is 4.88. The summed E-state index contributed by atoms with van der Waals surface area (Å²) in [4.78, 5) is 4.49. The molecule has 0 radical (unpaired) electrons. The maximum Gasteiger partial charge on any atom is 0.107 e. The van der Waals surface area contributed by atoms with Crippen LogP contribution in [0.15, 0.2) is 29.6 Å². The molecule has 1 aromatic carbocycles. The van der Waals surface area contributed by atoms with E-state index in [1.165, 1.54) is 0 Å². The lowest BCUT2D eigenvalue weighted by atomic mass is 10.1. The van der Waals surface area contributed by atoms with Crippen LogP contribution in [0.3, 0.4) is 0 Å². The second-order valence-corrected chi connectivity index (χ2v) is 4.29. The van der Waals surface area contributed by atoms with Crippen LogP contribution in [0, 0.1) is 11.3 Å². The molecule has 1 heterocycles. The molecule has 0 aliphatic rings. The SMILES string of the molecule is CNCc1nc(-c2cccc(C#N)c2)cs1. The van der Waals surface area contributed by atoms with Gasteiger partial charge < -0.3 is 5.32 Å². The Balaban J connectivity index is 2.32. The van der Waals surface area contributed by atoms with E-state index in [4.69, 9.17) is 5.26 Å². The van der Waals surface area contributed by atoms with E-state index in [1.807, 2.05) is 30.6 Å². The molecule has 1 aromatic heterocycles. The van der Waals surface area contributed by atoms with Crippen LogP contribution in [0.4, 0.5) is 0 Å². The Hall–Kier alpha value is -1.70. The summed E-state index contributed by atoms with van der Waals surface area (Å²) in [5.41, 5.74) is 2.60. The van der Waals surface area contributed by atoms with Crippen LogP contribution >= 0.6 is 11.3 Å². The van der Waals surface area contributed by atoms with Gasteiger partial charge >= 0.3 is 0 Å². The van der Waals surface area contributed by atoms with Gasteiger partial charge in [0.05, 0.1) is 17.3 Å². The largest absolute Gasteiger partial charge is 0.314 e. The normalized spacial score (nSPS) is 10.0. The Morgan fingerprint density at radius 1 is 1.50 bits per heavy atom. The molecule has 1 N–H and O–H groups in total. The molecular formula is C12H11N3S. The molecule has 0 aliphatic heterocycles. The molecule has 0 saturated carbocycles. The first-order valence-electron chi connectivity index (χ1n) is 4.93. The van der Waals surface area contributed by atoms with Crippen LogP contribution in [0.5, 0.6) is 0 Å². The van der Waals surface area contributed by atoms with Gasteiger partial charge in [0, 0.05) is 17.5 Å². The van der Waals surface area contributed by atoms with E-state index in [0.29, 0.717) is 5.56 Å². The summed E-state index contributed by atoms with van der Waals surface area (Å²) in [6.45, 7) is 0.780. The van der Waals surface area contributed by atoms with Crippen LogP contribution < -0.4 is 5.32 Å². The van der Waals surface area contributed by atoms with Crippen molar-refractivity contribution < 1.29 is 0 Å². The highest BCUT2D eigenvalue weighted by Crippen LogP contribution is 2.22. The number of nitrogens with one attached hydrogen (secondary N) is 1. The average molecular weight is 229 g/mol. The van der Waals surface area contributed by atoms with E-state index in [9.17, 15) is 0 Å². The fourth-order valence-electron chi connectivity index (χ4n) is 1.42. The Morgan fingerprint density at radius 2 is 2.38 bits per heavy atom. The lowest BCUT2D eigenvalue weighted by Gasteiger charge is -1.96. The molecule has 3 nitrogen and oxygen atoms in total. The van der Waals surface area contributed by atoms with Crippen LogP contribution in [-0.4, -0.2) is 12.0 Å². The zero-order valence-corrected chi connectivity index (χ0v) is 9.71. The Kier molecular flexibility index (Phi) is 3.30. The lowest BCUT2D eigenvalue weighted by molar-refractivity contribution is 0.811. The van der Waals surface area contributed by atoms with Crippen molar-refractivity contribution in [3.8, 4) is 17.3 Å². The molecule has 0 aliphatic carbocycles. The van der Waals surface area contributed by atoms with E-state index in [2.05, 4.69) is 16.4 Å². The van der Waals surface area contributed by atoms with Crippen molar-refractivity contribution in [2.75, 3.05) is 7.05 Å². The third-order valence-corrected chi connectivity index (χ3v) is 3.02. The van der Waals surface area contributed by atoms with Crippen LogP contribution in [0.2, 0.25) is 0 Å². The molecule has 80 valence electrons. The molecule has 2 aromatic rings. The maximum absolute atomic E-state index is 8.82. The average Bonchev–Trinajstić information content (AvgIpc) is 2.78. The summed E-state index contributed by atoms with van der Waals surface area (Å²) in [6.07, 6.45) is 0. The van der Waals surface area contributed by atoms with Gasteiger partial charge in [-0.2, -0.15) is 5.26 Å². The number of benzene rings is 1. The zero-order chi connectivity index (χ0) is 11.4. The number of thiazole rings is 1. The van der Waals surface area contributed by atoms with Crippen molar-refractivity contribution in [1.82, 2.24) is 10.3 Å². The predicted octanol–water partition coefficient (Wildman–Crippen LogP) is 2.40. The van der Waals surface area contributed by atoms with Gasteiger partial charge in [-0.1, -0.05) is 12.1 Å². The van der Waals surface area contributed by atoms with Crippen molar-refractivity contribution in [3.63, 3.8) is 0 Å². The van der Waals surface area contributed by atoms with Crippen molar-refractivity contribution in [2.24, 2.45) is 0 Å².